The molecule has 6 rings (SSSR count). The molecule has 0 atom stereocenters. The van der Waals surface area contributed by atoms with Crippen molar-refractivity contribution in [2.45, 2.75) is 38.5 Å². The number of fused-ring (bicyclic) bond motifs is 2. The number of benzene rings is 2. The number of aliphatic carboxylic acids is 1. The zero-order valence-electron chi connectivity index (χ0n) is 20.1. The van der Waals surface area contributed by atoms with Crippen molar-refractivity contribution in [1.82, 2.24) is 19.4 Å². The van der Waals surface area contributed by atoms with Gasteiger partial charge in [-0.2, -0.15) is 0 Å². The molecule has 2 aromatic carbocycles. The highest BCUT2D eigenvalue weighted by Crippen LogP contribution is 2.39. The van der Waals surface area contributed by atoms with Crippen LogP contribution in [0.4, 0.5) is 5.82 Å². The molecule has 0 unspecified atom stereocenters. The highest BCUT2D eigenvalue weighted by atomic mass is 16.4. The van der Waals surface area contributed by atoms with Gasteiger partial charge < -0.3 is 10.8 Å². The van der Waals surface area contributed by atoms with Crippen LogP contribution in [0.25, 0.3) is 38.9 Å². The van der Waals surface area contributed by atoms with Gasteiger partial charge in [-0.05, 0) is 50.3 Å². The molecule has 0 radical (unpaired) electrons. The summed E-state index contributed by atoms with van der Waals surface area (Å²) in [5, 5.41) is 10.5. The number of aryl methyl sites for hydroxylation is 1. The van der Waals surface area contributed by atoms with E-state index in [9.17, 15) is 9.90 Å². The lowest BCUT2D eigenvalue weighted by atomic mass is 9.81. The molecule has 7 nitrogen and oxygen atoms in total. The number of carboxylic acid groups (broad SMARTS) is 1. The Labute approximate surface area is 208 Å². The third-order valence-electron chi connectivity index (χ3n) is 7.41. The molecule has 0 spiro atoms. The fourth-order valence-corrected chi connectivity index (χ4v) is 5.48. The molecule has 1 aliphatic rings. The quantitative estimate of drug-likeness (QED) is 0.336. The molecule has 3 N–H and O–H groups in total. The van der Waals surface area contributed by atoms with Crippen molar-refractivity contribution in [3.8, 4) is 22.5 Å². The molecule has 0 saturated heterocycles. The van der Waals surface area contributed by atoms with E-state index in [1.165, 1.54) is 0 Å². The third-order valence-corrected chi connectivity index (χ3v) is 7.41. The Morgan fingerprint density at radius 3 is 2.53 bits per heavy atom. The zero-order valence-corrected chi connectivity index (χ0v) is 20.1. The first-order chi connectivity index (χ1) is 17.5. The fourth-order valence-electron chi connectivity index (χ4n) is 5.48. The number of pyridine rings is 1. The number of hydrogen-bond donors (Lipinski definition) is 2. The van der Waals surface area contributed by atoms with Crippen molar-refractivity contribution < 1.29 is 9.90 Å². The van der Waals surface area contributed by atoms with Crippen molar-refractivity contribution in [1.29, 1.82) is 0 Å². The molecular formula is C29H27N5O2. The van der Waals surface area contributed by atoms with Crippen molar-refractivity contribution in [2.75, 3.05) is 5.73 Å². The smallest absolute Gasteiger partial charge is 0.306 e. The highest BCUT2D eigenvalue weighted by Gasteiger charge is 2.30. The lowest BCUT2D eigenvalue weighted by molar-refractivity contribution is -0.142. The maximum absolute atomic E-state index is 11.4. The molecule has 5 aromatic rings. The summed E-state index contributed by atoms with van der Waals surface area (Å²) >= 11 is 0. The zero-order chi connectivity index (χ0) is 24.8. The average molecular weight is 478 g/mol. The van der Waals surface area contributed by atoms with Gasteiger partial charge in [0.05, 0.1) is 17.1 Å². The summed E-state index contributed by atoms with van der Waals surface area (Å²) in [4.78, 5) is 25.8. The number of anilines is 1. The molecule has 3 aromatic heterocycles. The van der Waals surface area contributed by atoms with Crippen LogP contribution < -0.4 is 5.73 Å². The molecule has 0 bridgehead atoms. The van der Waals surface area contributed by atoms with E-state index in [0.717, 1.165) is 63.2 Å². The van der Waals surface area contributed by atoms with E-state index in [1.807, 2.05) is 28.8 Å². The number of carbonyl (C=O) groups is 1. The minimum atomic E-state index is -0.704. The maximum atomic E-state index is 11.4. The number of hydrogen-bond acceptors (Lipinski definition) is 5. The van der Waals surface area contributed by atoms with Gasteiger partial charge in [-0.1, -0.05) is 42.5 Å². The number of rotatable bonds is 4. The SMILES string of the molecule is Cc1cc(-c2ccccc2)nc2cc(-c3nc(C4CCC(C(=O)O)CC4)n4ccnc(N)c34)ccc12. The first kappa shape index (κ1) is 22.2. The van der Waals surface area contributed by atoms with Crippen LogP contribution >= 0.6 is 0 Å². The van der Waals surface area contributed by atoms with E-state index < -0.39 is 5.97 Å². The number of nitrogen functional groups attached to an aromatic ring is 1. The summed E-state index contributed by atoms with van der Waals surface area (Å²) in [6, 6.07) is 18.5. The maximum Gasteiger partial charge on any atom is 0.306 e. The van der Waals surface area contributed by atoms with Crippen molar-refractivity contribution in [2.24, 2.45) is 5.92 Å². The first-order valence-electron chi connectivity index (χ1n) is 12.3. The minimum absolute atomic E-state index is 0.175. The van der Waals surface area contributed by atoms with Crippen LogP contribution in [0.3, 0.4) is 0 Å². The second-order valence-electron chi connectivity index (χ2n) is 9.66. The average Bonchev–Trinajstić information content (AvgIpc) is 3.30. The van der Waals surface area contributed by atoms with Gasteiger partial charge in [0.1, 0.15) is 22.9 Å². The fraction of sp³-hybridized carbons (Fsp3) is 0.241. The van der Waals surface area contributed by atoms with E-state index in [2.05, 4.69) is 48.3 Å². The Morgan fingerprint density at radius 1 is 1.00 bits per heavy atom. The van der Waals surface area contributed by atoms with Gasteiger partial charge in [0, 0.05) is 34.8 Å². The van der Waals surface area contributed by atoms with Gasteiger partial charge in [-0.15, -0.1) is 0 Å². The largest absolute Gasteiger partial charge is 0.481 e. The van der Waals surface area contributed by atoms with Crippen LogP contribution in [-0.2, 0) is 4.79 Å². The van der Waals surface area contributed by atoms with Crippen molar-refractivity contribution in [3.63, 3.8) is 0 Å². The van der Waals surface area contributed by atoms with Gasteiger partial charge in [0.25, 0.3) is 0 Å². The molecule has 36 heavy (non-hydrogen) atoms. The Balaban J connectivity index is 1.47. The standard InChI is InChI=1S/C29H27N5O2/c1-17-15-23(18-5-3-2-4-6-18)32-24-16-21(11-12-22(17)24)25-26-27(30)31-13-14-34(26)28(33-25)19-7-9-20(10-8-19)29(35)36/h2-6,11-16,19-20H,7-10H2,1H3,(H2,30,31)(H,35,36). The summed E-state index contributed by atoms with van der Waals surface area (Å²) in [6.07, 6.45) is 6.49. The number of nitrogens with two attached hydrogens (primary N) is 1. The van der Waals surface area contributed by atoms with Gasteiger partial charge in [-0.3, -0.25) is 9.20 Å². The van der Waals surface area contributed by atoms with Crippen molar-refractivity contribution in [3.05, 3.63) is 78.4 Å². The van der Waals surface area contributed by atoms with E-state index >= 15 is 0 Å². The normalized spacial score (nSPS) is 18.0. The number of nitrogens with zero attached hydrogens (tertiary/aromatic N) is 4. The molecule has 3 heterocycles. The van der Waals surface area contributed by atoms with Crippen LogP contribution in [0.15, 0.2) is 67.0 Å². The highest BCUT2D eigenvalue weighted by molar-refractivity contribution is 5.92. The first-order valence-corrected chi connectivity index (χ1v) is 12.3. The molecule has 7 heteroatoms. The Bertz CT molecular complexity index is 1600. The third kappa shape index (κ3) is 3.77. The summed E-state index contributed by atoms with van der Waals surface area (Å²) in [6.45, 7) is 2.11. The van der Waals surface area contributed by atoms with Gasteiger partial charge in [0.15, 0.2) is 0 Å². The number of carboxylic acids is 1. The number of aromatic nitrogens is 4. The summed E-state index contributed by atoms with van der Waals surface area (Å²) in [7, 11) is 0. The van der Waals surface area contributed by atoms with Gasteiger partial charge >= 0.3 is 5.97 Å². The van der Waals surface area contributed by atoms with Crippen LogP contribution in [0, 0.1) is 12.8 Å². The van der Waals surface area contributed by atoms with E-state index in [-0.39, 0.29) is 11.8 Å². The molecule has 1 saturated carbocycles. The topological polar surface area (TPSA) is 106 Å². The van der Waals surface area contributed by atoms with E-state index in [4.69, 9.17) is 15.7 Å². The molecule has 0 amide bonds. The van der Waals surface area contributed by atoms with E-state index in [1.54, 1.807) is 6.20 Å². The molecule has 180 valence electrons. The Hall–Kier alpha value is -4.26. The second-order valence-corrected chi connectivity index (χ2v) is 9.66. The van der Waals surface area contributed by atoms with Gasteiger partial charge in [0.2, 0.25) is 0 Å². The molecule has 1 aliphatic carbocycles. The lowest BCUT2D eigenvalue weighted by Crippen LogP contribution is -2.21. The molecular weight excluding hydrogens is 450 g/mol. The van der Waals surface area contributed by atoms with Crippen LogP contribution in [0.2, 0.25) is 0 Å². The van der Waals surface area contributed by atoms with Crippen LogP contribution in [0.1, 0.15) is 43.0 Å². The van der Waals surface area contributed by atoms with Crippen LogP contribution in [0.5, 0.6) is 0 Å². The van der Waals surface area contributed by atoms with Gasteiger partial charge in [-0.25, -0.2) is 15.0 Å². The number of imidazole rings is 1. The second kappa shape index (κ2) is 8.75. The summed E-state index contributed by atoms with van der Waals surface area (Å²) in [5.74, 6) is 0.541. The monoisotopic (exact) mass is 477 g/mol. The van der Waals surface area contributed by atoms with Crippen LogP contribution in [-0.4, -0.2) is 30.4 Å². The molecule has 1 fully saturated rings. The lowest BCUT2D eigenvalue weighted by Gasteiger charge is -2.25. The minimum Gasteiger partial charge on any atom is -0.481 e. The van der Waals surface area contributed by atoms with Crippen molar-refractivity contribution >= 4 is 28.2 Å². The van der Waals surface area contributed by atoms with E-state index in [0.29, 0.717) is 18.7 Å². The molecule has 0 aliphatic heterocycles. The Morgan fingerprint density at radius 2 is 1.78 bits per heavy atom. The predicted octanol–water partition coefficient (Wildman–Crippen LogP) is 5.86. The summed E-state index contributed by atoms with van der Waals surface area (Å²) in [5.41, 5.74) is 12.9. The predicted molar refractivity (Wildman–Crippen MR) is 141 cm³/mol. The Kier molecular flexibility index (Phi) is 5.40. The summed E-state index contributed by atoms with van der Waals surface area (Å²) < 4.78 is 2.03.